The summed E-state index contributed by atoms with van der Waals surface area (Å²) in [6.07, 6.45) is 0.177. The zero-order valence-corrected chi connectivity index (χ0v) is 17.4. The minimum atomic E-state index is -3.56. The highest BCUT2D eigenvalue weighted by atomic mass is 32.2. The Bertz CT molecular complexity index is 1000. The minimum Gasteiger partial charge on any atom is -0.497 e. The first-order valence-corrected chi connectivity index (χ1v) is 10.9. The van der Waals surface area contributed by atoms with Crippen molar-refractivity contribution in [1.82, 2.24) is 4.72 Å². The fourth-order valence-electron chi connectivity index (χ4n) is 2.90. The Kier molecular flexibility index (Phi) is 6.90. The lowest BCUT2D eigenvalue weighted by atomic mass is 10.1. The van der Waals surface area contributed by atoms with Crippen molar-refractivity contribution >= 4 is 10.0 Å². The zero-order chi connectivity index (χ0) is 20.7. The molecule has 0 aliphatic carbocycles. The molecule has 0 radical (unpaired) electrons. The number of nitrogens with one attached hydrogen (secondary N) is 1. The molecule has 0 bridgehead atoms. The van der Waals surface area contributed by atoms with Crippen LogP contribution < -0.4 is 14.2 Å². The quantitative estimate of drug-likeness (QED) is 0.563. The van der Waals surface area contributed by atoms with Crippen LogP contribution in [0.4, 0.5) is 0 Å². The highest BCUT2D eigenvalue weighted by Gasteiger charge is 2.17. The number of hydrogen-bond acceptors (Lipinski definition) is 4. The van der Waals surface area contributed by atoms with Gasteiger partial charge >= 0.3 is 0 Å². The van der Waals surface area contributed by atoms with Gasteiger partial charge in [-0.3, -0.25) is 0 Å². The topological polar surface area (TPSA) is 64.6 Å². The average molecular weight is 412 g/mol. The lowest BCUT2D eigenvalue weighted by Crippen LogP contribution is -2.26. The maximum absolute atomic E-state index is 12.5. The molecule has 0 aromatic heterocycles. The van der Waals surface area contributed by atoms with Crippen LogP contribution >= 0.6 is 0 Å². The van der Waals surface area contributed by atoms with Crippen LogP contribution in [0, 0.1) is 6.92 Å². The molecular weight excluding hydrogens is 386 g/mol. The molecule has 3 rings (SSSR count). The van der Waals surface area contributed by atoms with Gasteiger partial charge in [0.1, 0.15) is 17.6 Å². The van der Waals surface area contributed by atoms with Crippen molar-refractivity contribution < 1.29 is 17.9 Å². The third kappa shape index (κ3) is 5.82. The van der Waals surface area contributed by atoms with Crippen LogP contribution in [0.5, 0.6) is 11.5 Å². The van der Waals surface area contributed by atoms with Gasteiger partial charge in [-0.15, -0.1) is 0 Å². The molecule has 5 nitrogen and oxygen atoms in total. The molecule has 0 aliphatic rings. The predicted molar refractivity (Wildman–Crippen MR) is 114 cm³/mol. The lowest BCUT2D eigenvalue weighted by molar-refractivity contribution is 0.196. The van der Waals surface area contributed by atoms with Crippen molar-refractivity contribution in [3.8, 4) is 11.5 Å². The maximum atomic E-state index is 12.5. The molecule has 3 aromatic rings. The first kappa shape index (κ1) is 20.9. The van der Waals surface area contributed by atoms with E-state index >= 15 is 0 Å². The van der Waals surface area contributed by atoms with E-state index in [1.807, 2.05) is 61.5 Å². The van der Waals surface area contributed by atoms with Gasteiger partial charge in [0, 0.05) is 13.0 Å². The number of sulfonamides is 1. The Labute approximate surface area is 172 Å². The molecule has 152 valence electrons. The van der Waals surface area contributed by atoms with Gasteiger partial charge in [-0.05, 0) is 48.9 Å². The molecule has 29 heavy (non-hydrogen) atoms. The largest absolute Gasteiger partial charge is 0.497 e. The van der Waals surface area contributed by atoms with Gasteiger partial charge < -0.3 is 9.47 Å². The van der Waals surface area contributed by atoms with Crippen molar-refractivity contribution in [2.75, 3.05) is 13.7 Å². The van der Waals surface area contributed by atoms with E-state index in [-0.39, 0.29) is 17.5 Å². The number of ether oxygens (including phenoxy) is 2. The van der Waals surface area contributed by atoms with E-state index in [1.165, 1.54) is 0 Å². The number of methoxy groups -OCH3 is 1. The highest BCUT2D eigenvalue weighted by Crippen LogP contribution is 2.26. The number of aryl methyl sites for hydroxylation is 1. The second-order valence-electron chi connectivity index (χ2n) is 6.69. The summed E-state index contributed by atoms with van der Waals surface area (Å²) in [4.78, 5) is 0.257. The lowest BCUT2D eigenvalue weighted by Gasteiger charge is -2.20. The van der Waals surface area contributed by atoms with Gasteiger partial charge in [0.2, 0.25) is 10.0 Å². The molecule has 3 aromatic carbocycles. The van der Waals surface area contributed by atoms with E-state index in [2.05, 4.69) is 4.72 Å². The highest BCUT2D eigenvalue weighted by molar-refractivity contribution is 7.89. The predicted octanol–water partition coefficient (Wildman–Crippen LogP) is 4.49. The summed E-state index contributed by atoms with van der Waals surface area (Å²) in [6, 6.07) is 23.9. The molecule has 0 fully saturated rings. The zero-order valence-electron chi connectivity index (χ0n) is 16.5. The van der Waals surface area contributed by atoms with Crippen LogP contribution in [0.2, 0.25) is 0 Å². The van der Waals surface area contributed by atoms with E-state index in [0.717, 1.165) is 22.6 Å². The summed E-state index contributed by atoms with van der Waals surface area (Å²) >= 11 is 0. The summed E-state index contributed by atoms with van der Waals surface area (Å²) in [5.41, 5.74) is 1.96. The molecule has 1 unspecified atom stereocenters. The van der Waals surface area contributed by atoms with Crippen LogP contribution in [-0.4, -0.2) is 22.1 Å². The molecule has 6 heteroatoms. The van der Waals surface area contributed by atoms with Crippen LogP contribution in [0.3, 0.4) is 0 Å². The fourth-order valence-corrected chi connectivity index (χ4v) is 3.95. The number of hydrogen-bond donors (Lipinski definition) is 1. The monoisotopic (exact) mass is 411 g/mol. The van der Waals surface area contributed by atoms with E-state index in [0.29, 0.717) is 6.42 Å². The first-order chi connectivity index (χ1) is 14.0. The second kappa shape index (κ2) is 9.58. The van der Waals surface area contributed by atoms with Crippen molar-refractivity contribution in [2.24, 2.45) is 0 Å². The Morgan fingerprint density at radius 2 is 1.52 bits per heavy atom. The Morgan fingerprint density at radius 3 is 2.14 bits per heavy atom. The van der Waals surface area contributed by atoms with Crippen molar-refractivity contribution in [1.29, 1.82) is 0 Å². The molecule has 0 saturated carbocycles. The smallest absolute Gasteiger partial charge is 0.240 e. The van der Waals surface area contributed by atoms with E-state index < -0.39 is 10.0 Å². The number of para-hydroxylation sites is 1. The molecular formula is C23H25NO4S. The summed E-state index contributed by atoms with van der Waals surface area (Å²) in [6.45, 7) is 2.17. The molecule has 0 aliphatic heterocycles. The normalized spacial score (nSPS) is 12.3. The van der Waals surface area contributed by atoms with E-state index in [4.69, 9.17) is 9.47 Å². The standard InChI is InChI=1S/C23H25NO4S/c1-18-8-14-22(15-9-18)29(25,26)24-17-16-23(28-21-6-4-3-5-7-21)19-10-12-20(27-2)13-11-19/h3-15,23-24H,16-17H2,1-2H3. The first-order valence-electron chi connectivity index (χ1n) is 9.40. The van der Waals surface area contributed by atoms with Gasteiger partial charge in [0.05, 0.1) is 12.0 Å². The van der Waals surface area contributed by atoms with Crippen molar-refractivity contribution in [3.63, 3.8) is 0 Å². The van der Waals surface area contributed by atoms with Gasteiger partial charge in [0.25, 0.3) is 0 Å². The van der Waals surface area contributed by atoms with Gasteiger partial charge in [-0.25, -0.2) is 13.1 Å². The number of rotatable bonds is 9. The SMILES string of the molecule is COc1ccc(C(CCNS(=O)(=O)c2ccc(C)cc2)Oc2ccccc2)cc1. The number of benzene rings is 3. The molecule has 1 atom stereocenters. The fraction of sp³-hybridized carbons (Fsp3) is 0.217. The molecule has 0 amide bonds. The van der Waals surface area contributed by atoms with Crippen LogP contribution in [0.25, 0.3) is 0 Å². The molecule has 0 saturated heterocycles. The van der Waals surface area contributed by atoms with Gasteiger partial charge in [-0.1, -0.05) is 48.0 Å². The minimum absolute atomic E-state index is 0.250. The van der Waals surface area contributed by atoms with E-state index in [9.17, 15) is 8.42 Å². The maximum Gasteiger partial charge on any atom is 0.240 e. The third-order valence-corrected chi connectivity index (χ3v) is 6.02. The Morgan fingerprint density at radius 1 is 0.862 bits per heavy atom. The summed E-state index contributed by atoms with van der Waals surface area (Å²) in [5, 5.41) is 0. The van der Waals surface area contributed by atoms with Crippen LogP contribution in [-0.2, 0) is 10.0 Å². The van der Waals surface area contributed by atoms with Crippen LogP contribution in [0.15, 0.2) is 83.8 Å². The average Bonchev–Trinajstić information content (AvgIpc) is 2.74. The summed E-state index contributed by atoms with van der Waals surface area (Å²) < 4.78 is 39.1. The van der Waals surface area contributed by atoms with Crippen molar-refractivity contribution in [3.05, 3.63) is 90.0 Å². The second-order valence-corrected chi connectivity index (χ2v) is 8.46. The Hall–Kier alpha value is -2.83. The van der Waals surface area contributed by atoms with Crippen LogP contribution in [0.1, 0.15) is 23.7 Å². The summed E-state index contributed by atoms with van der Waals surface area (Å²) in [7, 11) is -1.95. The molecule has 0 heterocycles. The summed E-state index contributed by atoms with van der Waals surface area (Å²) in [5.74, 6) is 1.49. The Balaban J connectivity index is 1.71. The van der Waals surface area contributed by atoms with Crippen molar-refractivity contribution in [2.45, 2.75) is 24.3 Å². The van der Waals surface area contributed by atoms with E-state index in [1.54, 1.807) is 31.4 Å². The molecule has 0 spiro atoms. The van der Waals surface area contributed by atoms with Gasteiger partial charge in [-0.2, -0.15) is 0 Å². The van der Waals surface area contributed by atoms with Gasteiger partial charge in [0.15, 0.2) is 0 Å². The third-order valence-electron chi connectivity index (χ3n) is 4.54. The molecule has 1 N–H and O–H groups in total.